The average molecular weight is 251 g/mol. The zero-order valence-electron chi connectivity index (χ0n) is 11.0. The van der Waals surface area contributed by atoms with E-state index in [1.165, 1.54) is 6.07 Å². The Morgan fingerprint density at radius 3 is 2.83 bits per heavy atom. The molecule has 1 saturated heterocycles. The van der Waals surface area contributed by atoms with Crippen LogP contribution in [0.2, 0.25) is 0 Å². The summed E-state index contributed by atoms with van der Waals surface area (Å²) in [5, 5.41) is 6.69. The molecule has 3 nitrogen and oxygen atoms in total. The van der Waals surface area contributed by atoms with Crippen LogP contribution in [0.3, 0.4) is 0 Å². The van der Waals surface area contributed by atoms with Gasteiger partial charge in [-0.05, 0) is 43.7 Å². The number of aryl methyl sites for hydroxylation is 1. The zero-order chi connectivity index (χ0) is 12.8. The Balaban J connectivity index is 1.66. The number of piperazine rings is 1. The molecule has 2 N–H and O–H groups in total. The molecule has 1 aliphatic heterocycles. The molecule has 0 spiro atoms. The molecule has 1 aromatic rings. The summed E-state index contributed by atoms with van der Waals surface area (Å²) in [4.78, 5) is 2.48. The van der Waals surface area contributed by atoms with Crippen LogP contribution in [0.1, 0.15) is 12.0 Å². The molecule has 4 heteroatoms. The van der Waals surface area contributed by atoms with Gasteiger partial charge in [-0.15, -0.1) is 0 Å². The lowest BCUT2D eigenvalue weighted by molar-refractivity contribution is 0.240. The molecule has 1 aromatic carbocycles. The van der Waals surface area contributed by atoms with Crippen molar-refractivity contribution in [2.45, 2.75) is 13.3 Å². The Morgan fingerprint density at radius 1 is 1.33 bits per heavy atom. The number of nitrogens with one attached hydrogen (secondary N) is 2. The monoisotopic (exact) mass is 251 g/mol. The third-order valence-electron chi connectivity index (χ3n) is 3.35. The Kier molecular flexibility index (Phi) is 4.96. The number of hydrogen-bond acceptors (Lipinski definition) is 3. The summed E-state index contributed by atoms with van der Waals surface area (Å²) < 4.78 is 13.1. The fraction of sp³-hybridized carbons (Fsp3) is 0.571. The van der Waals surface area contributed by atoms with Gasteiger partial charge in [0.15, 0.2) is 0 Å². The predicted molar refractivity (Wildman–Crippen MR) is 73.6 cm³/mol. The van der Waals surface area contributed by atoms with E-state index >= 15 is 0 Å². The molecule has 1 aliphatic rings. The lowest BCUT2D eigenvalue weighted by atomic mass is 10.2. The molecule has 0 saturated carbocycles. The minimum Gasteiger partial charge on any atom is -0.385 e. The minimum atomic E-state index is -0.138. The highest BCUT2D eigenvalue weighted by molar-refractivity contribution is 5.45. The van der Waals surface area contributed by atoms with E-state index in [1.54, 1.807) is 13.0 Å². The van der Waals surface area contributed by atoms with Crippen LogP contribution in [0.4, 0.5) is 10.1 Å². The van der Waals surface area contributed by atoms with Crippen molar-refractivity contribution in [3.05, 3.63) is 29.6 Å². The number of benzene rings is 1. The summed E-state index contributed by atoms with van der Waals surface area (Å²) in [6.07, 6.45) is 1.12. The first-order chi connectivity index (χ1) is 8.75. The van der Waals surface area contributed by atoms with Gasteiger partial charge in [0.2, 0.25) is 0 Å². The van der Waals surface area contributed by atoms with Crippen molar-refractivity contribution >= 4 is 5.69 Å². The van der Waals surface area contributed by atoms with Crippen molar-refractivity contribution in [2.24, 2.45) is 0 Å². The fourth-order valence-electron chi connectivity index (χ4n) is 2.22. The molecule has 0 aromatic heterocycles. The van der Waals surface area contributed by atoms with Crippen LogP contribution in [0.15, 0.2) is 18.2 Å². The van der Waals surface area contributed by atoms with Crippen LogP contribution >= 0.6 is 0 Å². The van der Waals surface area contributed by atoms with Crippen LogP contribution in [0, 0.1) is 12.7 Å². The zero-order valence-corrected chi connectivity index (χ0v) is 11.0. The molecule has 100 valence electrons. The molecule has 1 fully saturated rings. The molecule has 0 unspecified atom stereocenters. The molecular weight excluding hydrogens is 229 g/mol. The van der Waals surface area contributed by atoms with Gasteiger partial charge in [0.05, 0.1) is 0 Å². The van der Waals surface area contributed by atoms with Crippen LogP contribution in [-0.2, 0) is 0 Å². The summed E-state index contributed by atoms with van der Waals surface area (Å²) in [7, 11) is 0. The molecule has 18 heavy (non-hydrogen) atoms. The third-order valence-corrected chi connectivity index (χ3v) is 3.35. The largest absolute Gasteiger partial charge is 0.385 e. The van der Waals surface area contributed by atoms with Crippen LogP contribution < -0.4 is 10.6 Å². The van der Waals surface area contributed by atoms with Gasteiger partial charge in [-0.3, -0.25) is 0 Å². The minimum absolute atomic E-state index is 0.138. The first-order valence-electron chi connectivity index (χ1n) is 6.69. The number of nitrogens with zero attached hydrogens (tertiary/aromatic N) is 1. The highest BCUT2D eigenvalue weighted by atomic mass is 19.1. The Morgan fingerprint density at radius 2 is 2.11 bits per heavy atom. The average Bonchev–Trinajstić information content (AvgIpc) is 2.40. The second kappa shape index (κ2) is 6.71. The molecule has 0 atom stereocenters. The Hall–Kier alpha value is -1.13. The lowest BCUT2D eigenvalue weighted by Crippen LogP contribution is -2.44. The van der Waals surface area contributed by atoms with Gasteiger partial charge in [0, 0.05) is 38.4 Å². The van der Waals surface area contributed by atoms with E-state index in [-0.39, 0.29) is 5.82 Å². The van der Waals surface area contributed by atoms with Crippen LogP contribution in [0.25, 0.3) is 0 Å². The molecule has 1 heterocycles. The van der Waals surface area contributed by atoms with Crippen molar-refractivity contribution < 1.29 is 4.39 Å². The second-order valence-corrected chi connectivity index (χ2v) is 4.84. The van der Waals surface area contributed by atoms with Gasteiger partial charge < -0.3 is 15.5 Å². The smallest absolute Gasteiger partial charge is 0.126 e. The van der Waals surface area contributed by atoms with Crippen molar-refractivity contribution in [3.63, 3.8) is 0 Å². The summed E-state index contributed by atoms with van der Waals surface area (Å²) >= 11 is 0. The third kappa shape index (κ3) is 3.96. The van der Waals surface area contributed by atoms with Crippen molar-refractivity contribution in [1.82, 2.24) is 10.2 Å². The van der Waals surface area contributed by atoms with Gasteiger partial charge in [0.1, 0.15) is 5.82 Å². The number of hydrogen-bond donors (Lipinski definition) is 2. The SMILES string of the molecule is Cc1cc(NCCCN2CCNCC2)ccc1F. The van der Waals surface area contributed by atoms with E-state index in [9.17, 15) is 4.39 Å². The van der Waals surface area contributed by atoms with E-state index in [4.69, 9.17) is 0 Å². The summed E-state index contributed by atoms with van der Waals surface area (Å²) in [6.45, 7) is 8.37. The molecule has 0 amide bonds. The molecule has 0 bridgehead atoms. The topological polar surface area (TPSA) is 27.3 Å². The van der Waals surface area contributed by atoms with E-state index in [0.29, 0.717) is 5.56 Å². The first kappa shape index (κ1) is 13.3. The second-order valence-electron chi connectivity index (χ2n) is 4.84. The quantitative estimate of drug-likeness (QED) is 0.782. The van der Waals surface area contributed by atoms with Crippen LogP contribution in [0.5, 0.6) is 0 Å². The number of rotatable bonds is 5. The standard InChI is InChI=1S/C14H22FN3/c1-12-11-13(3-4-14(12)15)17-5-2-8-18-9-6-16-7-10-18/h3-4,11,16-17H,2,5-10H2,1H3. The van der Waals surface area contributed by atoms with Gasteiger partial charge >= 0.3 is 0 Å². The number of anilines is 1. The molecule has 0 aliphatic carbocycles. The highest BCUT2D eigenvalue weighted by Crippen LogP contribution is 2.13. The molecule has 0 radical (unpaired) electrons. The van der Waals surface area contributed by atoms with E-state index in [2.05, 4.69) is 15.5 Å². The summed E-state index contributed by atoms with van der Waals surface area (Å²) in [5.74, 6) is -0.138. The molecule has 2 rings (SSSR count). The van der Waals surface area contributed by atoms with Crippen molar-refractivity contribution in [1.29, 1.82) is 0 Å². The van der Waals surface area contributed by atoms with Crippen LogP contribution in [-0.4, -0.2) is 44.2 Å². The summed E-state index contributed by atoms with van der Waals surface area (Å²) in [5.41, 5.74) is 1.70. The van der Waals surface area contributed by atoms with Gasteiger partial charge in [-0.25, -0.2) is 4.39 Å². The predicted octanol–water partition coefficient (Wildman–Crippen LogP) is 1.84. The Labute approximate surface area is 108 Å². The number of halogens is 1. The van der Waals surface area contributed by atoms with Gasteiger partial charge in [-0.1, -0.05) is 0 Å². The maximum Gasteiger partial charge on any atom is 0.126 e. The van der Waals surface area contributed by atoms with E-state index < -0.39 is 0 Å². The first-order valence-corrected chi connectivity index (χ1v) is 6.69. The van der Waals surface area contributed by atoms with Gasteiger partial charge in [0.25, 0.3) is 0 Å². The molecular formula is C14H22FN3. The van der Waals surface area contributed by atoms with Crippen molar-refractivity contribution in [2.75, 3.05) is 44.6 Å². The summed E-state index contributed by atoms with van der Waals surface area (Å²) in [6, 6.07) is 5.18. The van der Waals surface area contributed by atoms with Crippen molar-refractivity contribution in [3.8, 4) is 0 Å². The maximum absolute atomic E-state index is 13.1. The van der Waals surface area contributed by atoms with E-state index in [0.717, 1.165) is 51.4 Å². The van der Waals surface area contributed by atoms with E-state index in [1.807, 2.05) is 6.07 Å². The lowest BCUT2D eigenvalue weighted by Gasteiger charge is -2.27. The highest BCUT2D eigenvalue weighted by Gasteiger charge is 2.08. The fourth-order valence-corrected chi connectivity index (χ4v) is 2.22. The maximum atomic E-state index is 13.1. The van der Waals surface area contributed by atoms with Gasteiger partial charge in [-0.2, -0.15) is 0 Å². The Bertz CT molecular complexity index is 375. The normalized spacial score (nSPS) is 16.8.